The van der Waals surface area contributed by atoms with Gasteiger partial charge >= 0.3 is 5.69 Å². The van der Waals surface area contributed by atoms with E-state index in [1.165, 1.54) is 0 Å². The van der Waals surface area contributed by atoms with Crippen molar-refractivity contribution in [2.24, 2.45) is 0 Å². The third-order valence-electron chi connectivity index (χ3n) is 3.46. The summed E-state index contributed by atoms with van der Waals surface area (Å²) in [5, 5.41) is 0. The largest absolute Gasteiger partial charge is 0.349 e. The fourth-order valence-corrected chi connectivity index (χ4v) is 2.65. The highest BCUT2D eigenvalue weighted by Gasteiger charge is 2.54. The van der Waals surface area contributed by atoms with Gasteiger partial charge in [-0.3, -0.25) is 14.3 Å². The SMILES string of the molecule is C[C@H]1O[C@@H](n2cc(F)c(=O)[nH]c2=O)C2OC(C)(C)OC21. The van der Waals surface area contributed by atoms with Crippen LogP contribution in [0.3, 0.4) is 0 Å². The number of hydrogen-bond donors (Lipinski definition) is 1. The Morgan fingerprint density at radius 3 is 2.65 bits per heavy atom. The molecule has 1 N–H and O–H groups in total. The maximum atomic E-state index is 13.4. The van der Waals surface area contributed by atoms with E-state index in [-0.39, 0.29) is 12.2 Å². The van der Waals surface area contributed by atoms with Gasteiger partial charge in [0.2, 0.25) is 5.82 Å². The van der Waals surface area contributed by atoms with E-state index in [2.05, 4.69) is 0 Å². The first kappa shape index (κ1) is 13.5. The molecule has 3 rings (SSSR count). The zero-order chi connectivity index (χ0) is 14.7. The molecule has 7 nitrogen and oxygen atoms in total. The lowest BCUT2D eigenvalue weighted by molar-refractivity contribution is -0.195. The molecular weight excluding hydrogens is 271 g/mol. The average molecular weight is 286 g/mol. The standard InChI is InChI=1S/C12H15FN2O5/c1-5-7-8(20-12(2,3)19-7)10(18-5)15-4-6(13)9(16)14-11(15)17/h4-5,7-8,10H,1-3H3,(H,14,16,17)/t5-,7?,8?,10-/m1/s1. The molecule has 8 heteroatoms. The Morgan fingerprint density at radius 1 is 1.30 bits per heavy atom. The maximum Gasteiger partial charge on any atom is 0.330 e. The van der Waals surface area contributed by atoms with Gasteiger partial charge in [0.25, 0.3) is 5.56 Å². The first-order valence-electron chi connectivity index (χ1n) is 6.30. The number of ether oxygens (including phenoxy) is 3. The van der Waals surface area contributed by atoms with Crippen molar-refractivity contribution in [3.8, 4) is 0 Å². The van der Waals surface area contributed by atoms with Gasteiger partial charge < -0.3 is 14.2 Å². The van der Waals surface area contributed by atoms with Crippen LogP contribution in [0.5, 0.6) is 0 Å². The topological polar surface area (TPSA) is 82.6 Å². The Bertz CT molecular complexity index is 652. The molecule has 2 aliphatic heterocycles. The smallest absolute Gasteiger partial charge is 0.330 e. The van der Waals surface area contributed by atoms with E-state index in [1.54, 1.807) is 20.8 Å². The molecule has 0 radical (unpaired) electrons. The van der Waals surface area contributed by atoms with Crippen molar-refractivity contribution in [2.75, 3.05) is 0 Å². The fourth-order valence-electron chi connectivity index (χ4n) is 2.65. The van der Waals surface area contributed by atoms with E-state index in [0.717, 1.165) is 10.8 Å². The molecule has 0 amide bonds. The molecule has 2 aliphatic rings. The molecule has 2 saturated heterocycles. The highest BCUT2D eigenvalue weighted by Crippen LogP contribution is 2.42. The summed E-state index contributed by atoms with van der Waals surface area (Å²) < 4.78 is 31.4. The van der Waals surface area contributed by atoms with E-state index in [4.69, 9.17) is 14.2 Å². The Labute approximate surface area is 113 Å². The molecule has 1 aromatic rings. The zero-order valence-electron chi connectivity index (χ0n) is 11.3. The highest BCUT2D eigenvalue weighted by atomic mass is 19.1. The molecule has 1 aromatic heterocycles. The van der Waals surface area contributed by atoms with Crippen LogP contribution in [0, 0.1) is 5.82 Å². The van der Waals surface area contributed by atoms with Crippen molar-refractivity contribution in [1.82, 2.24) is 9.55 Å². The van der Waals surface area contributed by atoms with E-state index < -0.39 is 35.2 Å². The molecule has 3 heterocycles. The van der Waals surface area contributed by atoms with Crippen molar-refractivity contribution in [2.45, 2.75) is 51.1 Å². The number of rotatable bonds is 1. The molecule has 110 valence electrons. The van der Waals surface area contributed by atoms with Crippen LogP contribution in [-0.2, 0) is 14.2 Å². The van der Waals surface area contributed by atoms with Gasteiger partial charge in [0.05, 0.1) is 12.3 Å². The molecule has 0 spiro atoms. The first-order chi connectivity index (χ1) is 9.28. The summed E-state index contributed by atoms with van der Waals surface area (Å²) in [6.07, 6.45) is -1.21. The van der Waals surface area contributed by atoms with E-state index >= 15 is 0 Å². The van der Waals surface area contributed by atoms with Gasteiger partial charge in [-0.2, -0.15) is 4.39 Å². The molecule has 0 saturated carbocycles. The van der Waals surface area contributed by atoms with Crippen molar-refractivity contribution >= 4 is 0 Å². The minimum absolute atomic E-state index is 0.311. The summed E-state index contributed by atoms with van der Waals surface area (Å²) in [6.45, 7) is 5.30. The Kier molecular flexibility index (Phi) is 2.86. The number of fused-ring (bicyclic) bond motifs is 1. The number of hydrogen-bond acceptors (Lipinski definition) is 5. The van der Waals surface area contributed by atoms with Crippen LogP contribution in [0.25, 0.3) is 0 Å². The lowest BCUT2D eigenvalue weighted by Gasteiger charge is -2.23. The summed E-state index contributed by atoms with van der Waals surface area (Å²) in [5.41, 5.74) is -1.81. The van der Waals surface area contributed by atoms with Crippen molar-refractivity contribution in [1.29, 1.82) is 0 Å². The second-order valence-electron chi connectivity index (χ2n) is 5.44. The second kappa shape index (κ2) is 4.24. The molecule has 2 unspecified atom stereocenters. The van der Waals surface area contributed by atoms with Crippen LogP contribution in [0.2, 0.25) is 0 Å². The third-order valence-corrected chi connectivity index (χ3v) is 3.46. The highest BCUT2D eigenvalue weighted by molar-refractivity contribution is 4.98. The summed E-state index contributed by atoms with van der Waals surface area (Å²) in [6, 6.07) is 0. The molecule has 20 heavy (non-hydrogen) atoms. The summed E-state index contributed by atoms with van der Waals surface area (Å²) in [7, 11) is 0. The fraction of sp³-hybridized carbons (Fsp3) is 0.667. The monoisotopic (exact) mass is 286 g/mol. The zero-order valence-corrected chi connectivity index (χ0v) is 11.3. The van der Waals surface area contributed by atoms with Gasteiger partial charge in [0, 0.05) is 0 Å². The van der Waals surface area contributed by atoms with Gasteiger partial charge in [-0.15, -0.1) is 0 Å². The second-order valence-corrected chi connectivity index (χ2v) is 5.44. The molecule has 2 fully saturated rings. The lowest BCUT2D eigenvalue weighted by Crippen LogP contribution is -2.38. The number of nitrogens with one attached hydrogen (secondary N) is 1. The molecular formula is C12H15FN2O5. The van der Waals surface area contributed by atoms with Crippen LogP contribution in [-0.4, -0.2) is 33.7 Å². The van der Waals surface area contributed by atoms with Gasteiger partial charge in [-0.1, -0.05) is 0 Å². The van der Waals surface area contributed by atoms with Crippen LogP contribution >= 0.6 is 0 Å². The van der Waals surface area contributed by atoms with E-state index in [0.29, 0.717) is 0 Å². The van der Waals surface area contributed by atoms with Gasteiger partial charge in [-0.25, -0.2) is 4.79 Å². The summed E-state index contributed by atoms with van der Waals surface area (Å²) in [4.78, 5) is 24.8. The summed E-state index contributed by atoms with van der Waals surface area (Å²) >= 11 is 0. The predicted octanol–water partition coefficient (Wildman–Crippen LogP) is 0.113. The first-order valence-corrected chi connectivity index (χ1v) is 6.30. The van der Waals surface area contributed by atoms with Crippen molar-refractivity contribution in [3.05, 3.63) is 32.9 Å². The van der Waals surface area contributed by atoms with Crippen LogP contribution in [0.1, 0.15) is 27.0 Å². The molecule has 0 aliphatic carbocycles. The maximum absolute atomic E-state index is 13.4. The minimum Gasteiger partial charge on any atom is -0.349 e. The lowest BCUT2D eigenvalue weighted by atomic mass is 10.1. The average Bonchev–Trinajstić information content (AvgIpc) is 2.80. The van der Waals surface area contributed by atoms with E-state index in [1.807, 2.05) is 4.98 Å². The summed E-state index contributed by atoms with van der Waals surface area (Å²) in [5.74, 6) is -1.85. The number of nitrogens with zero attached hydrogens (tertiary/aromatic N) is 1. The normalized spacial score (nSPS) is 35.2. The Hall–Kier alpha value is -1.51. The van der Waals surface area contributed by atoms with E-state index in [9.17, 15) is 14.0 Å². The van der Waals surface area contributed by atoms with Gasteiger partial charge in [-0.05, 0) is 20.8 Å². The Morgan fingerprint density at radius 2 is 1.95 bits per heavy atom. The predicted molar refractivity (Wildman–Crippen MR) is 64.7 cm³/mol. The van der Waals surface area contributed by atoms with Crippen molar-refractivity contribution in [3.63, 3.8) is 0 Å². The Balaban J connectivity index is 2.01. The minimum atomic E-state index is -1.06. The number of halogens is 1. The van der Waals surface area contributed by atoms with Gasteiger partial charge in [0.15, 0.2) is 12.0 Å². The van der Waals surface area contributed by atoms with Crippen molar-refractivity contribution < 1.29 is 18.6 Å². The van der Waals surface area contributed by atoms with Crippen LogP contribution in [0.15, 0.2) is 15.8 Å². The molecule has 0 bridgehead atoms. The van der Waals surface area contributed by atoms with Crippen LogP contribution < -0.4 is 11.2 Å². The third kappa shape index (κ3) is 2.00. The number of aromatic amines is 1. The molecule has 4 atom stereocenters. The number of aromatic nitrogens is 2. The quantitative estimate of drug-likeness (QED) is 0.792. The number of H-pyrrole nitrogens is 1. The van der Waals surface area contributed by atoms with Crippen LogP contribution in [0.4, 0.5) is 4.39 Å². The molecule has 0 aromatic carbocycles. The van der Waals surface area contributed by atoms with Gasteiger partial charge in [0.1, 0.15) is 12.2 Å².